The Morgan fingerprint density at radius 2 is 2.00 bits per heavy atom. The quantitative estimate of drug-likeness (QED) is 0.271. The fourth-order valence-corrected chi connectivity index (χ4v) is 6.23. The van der Waals surface area contributed by atoms with Crippen molar-refractivity contribution in [3.8, 4) is 23.3 Å². The third-order valence-electron chi connectivity index (χ3n) is 8.17. The number of nitriles is 1. The molecule has 226 valence electrons. The predicted molar refractivity (Wildman–Crippen MR) is 163 cm³/mol. The highest BCUT2D eigenvalue weighted by molar-refractivity contribution is 6.36. The second kappa shape index (κ2) is 12.3. The number of likely N-dealkylation sites (tertiary alicyclic amines) is 1. The van der Waals surface area contributed by atoms with E-state index in [2.05, 4.69) is 22.6 Å². The lowest BCUT2D eigenvalue weighted by atomic mass is 10.0. The van der Waals surface area contributed by atoms with Crippen molar-refractivity contribution in [2.75, 3.05) is 44.7 Å². The fourth-order valence-electron chi connectivity index (χ4n) is 5.94. The van der Waals surface area contributed by atoms with Gasteiger partial charge in [-0.05, 0) is 31.7 Å². The SMILES string of the molecule is C=C(F)C(=O)N1CCN(c2nc(OC[C@@H]3C[C@@H](F)CN3C)nc3nc(-c4cncc5cccc(Cl)c45)ccc23)C[C@@H]1CC#N. The lowest BCUT2D eigenvalue weighted by molar-refractivity contribution is -0.131. The van der Waals surface area contributed by atoms with Crippen molar-refractivity contribution in [3.05, 3.63) is 60.2 Å². The first-order chi connectivity index (χ1) is 21.2. The summed E-state index contributed by atoms with van der Waals surface area (Å²) in [6.07, 6.45) is 2.85. The minimum absolute atomic E-state index is 0.00244. The number of fused-ring (bicyclic) bond motifs is 2. The van der Waals surface area contributed by atoms with Gasteiger partial charge in [0, 0.05) is 66.0 Å². The predicted octanol–water partition coefficient (Wildman–Crippen LogP) is 4.73. The number of piperazine rings is 1. The van der Waals surface area contributed by atoms with Crippen molar-refractivity contribution in [2.24, 2.45) is 0 Å². The van der Waals surface area contributed by atoms with E-state index in [0.29, 0.717) is 47.1 Å². The van der Waals surface area contributed by atoms with E-state index in [4.69, 9.17) is 26.3 Å². The number of pyridine rings is 2. The van der Waals surface area contributed by atoms with Crippen LogP contribution in [0.1, 0.15) is 12.8 Å². The van der Waals surface area contributed by atoms with Gasteiger partial charge in [-0.2, -0.15) is 15.2 Å². The van der Waals surface area contributed by atoms with Gasteiger partial charge in [0.2, 0.25) is 0 Å². The number of benzene rings is 1. The first-order valence-corrected chi connectivity index (χ1v) is 14.6. The number of amides is 1. The Balaban J connectivity index is 1.41. The van der Waals surface area contributed by atoms with E-state index in [1.54, 1.807) is 12.4 Å². The van der Waals surface area contributed by atoms with E-state index >= 15 is 0 Å². The van der Waals surface area contributed by atoms with Crippen LogP contribution in [-0.2, 0) is 4.79 Å². The molecule has 13 heteroatoms. The number of hydrogen-bond donors (Lipinski definition) is 0. The summed E-state index contributed by atoms with van der Waals surface area (Å²) in [7, 11) is 1.85. The summed E-state index contributed by atoms with van der Waals surface area (Å²) in [4.78, 5) is 36.2. The van der Waals surface area contributed by atoms with Crippen molar-refractivity contribution < 1.29 is 18.3 Å². The Hall–Kier alpha value is -4.47. The number of aromatic nitrogens is 4. The molecule has 0 aliphatic carbocycles. The van der Waals surface area contributed by atoms with Gasteiger partial charge in [0.05, 0.1) is 29.6 Å². The van der Waals surface area contributed by atoms with E-state index < -0.39 is 23.9 Å². The summed E-state index contributed by atoms with van der Waals surface area (Å²) >= 11 is 6.58. The lowest BCUT2D eigenvalue weighted by Crippen LogP contribution is -2.55. The molecule has 6 rings (SSSR count). The smallest absolute Gasteiger partial charge is 0.320 e. The van der Waals surface area contributed by atoms with Crippen LogP contribution in [0.5, 0.6) is 6.01 Å². The highest BCUT2D eigenvalue weighted by Crippen LogP contribution is 2.35. The number of hydrogen-bond acceptors (Lipinski definition) is 9. The molecule has 0 bridgehead atoms. The van der Waals surface area contributed by atoms with Crippen LogP contribution < -0.4 is 9.64 Å². The molecule has 5 heterocycles. The van der Waals surface area contributed by atoms with Crippen LogP contribution in [0, 0.1) is 11.3 Å². The third-order valence-corrected chi connectivity index (χ3v) is 8.49. The summed E-state index contributed by atoms with van der Waals surface area (Å²) in [5.41, 5.74) is 1.67. The van der Waals surface area contributed by atoms with Crippen LogP contribution in [0.2, 0.25) is 5.02 Å². The molecule has 0 N–H and O–H groups in total. The zero-order valence-corrected chi connectivity index (χ0v) is 24.7. The number of halogens is 3. The van der Waals surface area contributed by atoms with Gasteiger partial charge in [0.15, 0.2) is 11.5 Å². The molecule has 44 heavy (non-hydrogen) atoms. The van der Waals surface area contributed by atoms with Crippen molar-refractivity contribution in [3.63, 3.8) is 0 Å². The molecule has 0 spiro atoms. The maximum absolute atomic E-state index is 14.0. The van der Waals surface area contributed by atoms with Gasteiger partial charge in [0.25, 0.3) is 5.91 Å². The van der Waals surface area contributed by atoms with Gasteiger partial charge < -0.3 is 14.5 Å². The van der Waals surface area contributed by atoms with Crippen molar-refractivity contribution >= 4 is 45.1 Å². The van der Waals surface area contributed by atoms with E-state index in [1.165, 1.54) is 4.90 Å². The van der Waals surface area contributed by atoms with Crippen LogP contribution in [0.3, 0.4) is 0 Å². The lowest BCUT2D eigenvalue weighted by Gasteiger charge is -2.41. The maximum atomic E-state index is 14.0. The van der Waals surface area contributed by atoms with Gasteiger partial charge in [-0.25, -0.2) is 13.8 Å². The maximum Gasteiger partial charge on any atom is 0.320 e. The molecule has 2 fully saturated rings. The highest BCUT2D eigenvalue weighted by Gasteiger charge is 2.34. The normalized spacial score (nSPS) is 20.7. The highest BCUT2D eigenvalue weighted by atomic mass is 35.5. The molecule has 3 atom stereocenters. The number of anilines is 1. The van der Waals surface area contributed by atoms with Crippen LogP contribution in [0.15, 0.2) is 55.1 Å². The van der Waals surface area contributed by atoms with Crippen LogP contribution >= 0.6 is 11.6 Å². The minimum Gasteiger partial charge on any atom is -0.462 e. The summed E-state index contributed by atoms with van der Waals surface area (Å²) < 4.78 is 33.8. The van der Waals surface area contributed by atoms with Gasteiger partial charge in [-0.1, -0.05) is 30.3 Å². The van der Waals surface area contributed by atoms with Gasteiger partial charge >= 0.3 is 6.01 Å². The largest absolute Gasteiger partial charge is 0.462 e. The molecule has 10 nitrogen and oxygen atoms in total. The summed E-state index contributed by atoms with van der Waals surface area (Å²) in [5.74, 6) is -1.41. The summed E-state index contributed by atoms with van der Waals surface area (Å²) in [5, 5.41) is 12.3. The minimum atomic E-state index is -1.07. The molecule has 0 radical (unpaired) electrons. The number of likely N-dealkylation sites (N-methyl/N-ethyl adjacent to an activating group) is 1. The van der Waals surface area contributed by atoms with Crippen molar-refractivity contribution in [1.82, 2.24) is 29.7 Å². The molecule has 2 saturated heterocycles. The van der Waals surface area contributed by atoms with E-state index in [-0.39, 0.29) is 38.2 Å². The number of carbonyl (C=O) groups excluding carboxylic acids is 1. The number of rotatable bonds is 7. The Bertz CT molecular complexity index is 1800. The van der Waals surface area contributed by atoms with Crippen molar-refractivity contribution in [2.45, 2.75) is 31.1 Å². The average Bonchev–Trinajstić information content (AvgIpc) is 3.35. The Morgan fingerprint density at radius 3 is 2.75 bits per heavy atom. The number of carbonyl (C=O) groups is 1. The van der Waals surface area contributed by atoms with Crippen LogP contribution in [0.4, 0.5) is 14.6 Å². The Kier molecular flexibility index (Phi) is 8.25. The second-order valence-electron chi connectivity index (χ2n) is 11.0. The van der Waals surface area contributed by atoms with E-state index in [9.17, 15) is 18.8 Å². The van der Waals surface area contributed by atoms with Crippen molar-refractivity contribution in [1.29, 1.82) is 5.26 Å². The first-order valence-electron chi connectivity index (χ1n) is 14.2. The summed E-state index contributed by atoms with van der Waals surface area (Å²) in [6, 6.07) is 10.7. The third kappa shape index (κ3) is 5.73. The van der Waals surface area contributed by atoms with Gasteiger partial charge in [-0.3, -0.25) is 14.7 Å². The summed E-state index contributed by atoms with van der Waals surface area (Å²) in [6.45, 7) is 4.34. The molecular formula is C31H29ClF2N8O2. The zero-order chi connectivity index (χ0) is 31.0. The average molecular weight is 619 g/mol. The first kappa shape index (κ1) is 29.6. The molecule has 3 aromatic heterocycles. The monoisotopic (exact) mass is 618 g/mol. The molecule has 2 aliphatic heterocycles. The van der Waals surface area contributed by atoms with E-state index in [1.807, 2.05) is 47.2 Å². The number of nitrogens with zero attached hydrogens (tertiary/aromatic N) is 8. The molecule has 0 unspecified atom stereocenters. The van der Waals surface area contributed by atoms with E-state index in [0.717, 1.165) is 16.3 Å². The second-order valence-corrected chi connectivity index (χ2v) is 11.4. The van der Waals surface area contributed by atoms with Gasteiger partial charge in [0.1, 0.15) is 18.6 Å². The molecular weight excluding hydrogens is 590 g/mol. The standard InChI is InChI=1S/C31H29ClF2N8O2/c1-18(33)30(43)42-11-10-41(16-21(42)8-9-35)29-23-6-7-26(24-14-36-13-19-4-3-5-25(32)27(19)24)37-28(23)38-31(39-29)44-17-22-12-20(34)15-40(22)2/h3-7,13-14,20-22H,1,8,10-12,15-17H2,2H3/t20-,21+,22+/m1/s1. The number of alkyl halides is 1. The number of ether oxygens (including phenoxy) is 1. The topological polar surface area (TPSA) is 111 Å². The molecule has 2 aliphatic rings. The fraction of sp³-hybridized carbons (Fsp3) is 0.355. The van der Waals surface area contributed by atoms with Crippen LogP contribution in [-0.4, -0.2) is 93.7 Å². The van der Waals surface area contributed by atoms with Gasteiger partial charge in [-0.15, -0.1) is 0 Å². The Labute approximate surface area is 257 Å². The molecule has 1 aromatic carbocycles. The molecule has 0 saturated carbocycles. The zero-order valence-electron chi connectivity index (χ0n) is 24.0. The Morgan fingerprint density at radius 1 is 1.16 bits per heavy atom. The molecule has 4 aromatic rings. The van der Waals surface area contributed by atoms with Crippen LogP contribution in [0.25, 0.3) is 33.1 Å². The molecule has 1 amide bonds.